The minimum absolute atomic E-state index is 0.0403. The lowest BCUT2D eigenvalue weighted by Crippen LogP contribution is -2.43. The third kappa shape index (κ3) is 3.61. The van der Waals surface area contributed by atoms with E-state index in [9.17, 15) is 9.59 Å². The molecule has 2 aromatic rings. The van der Waals surface area contributed by atoms with Crippen LogP contribution in [0.2, 0.25) is 0 Å². The van der Waals surface area contributed by atoms with Crippen LogP contribution in [-0.4, -0.2) is 29.3 Å². The number of carbonyl (C=O) groups is 2. The fourth-order valence-corrected chi connectivity index (χ4v) is 4.05. The molecule has 1 atom stereocenters. The fraction of sp³-hybridized carbons (Fsp3) is 0.400. The maximum absolute atomic E-state index is 12.9. The highest BCUT2D eigenvalue weighted by Crippen LogP contribution is 2.29. The molecule has 0 saturated carbocycles. The average Bonchev–Trinajstić information content (AvgIpc) is 3.27. The summed E-state index contributed by atoms with van der Waals surface area (Å²) in [6.07, 6.45) is 1.58. The molecule has 1 fully saturated rings. The summed E-state index contributed by atoms with van der Waals surface area (Å²) >= 11 is 1.42. The Morgan fingerprint density at radius 1 is 1.24 bits per heavy atom. The Hall–Kier alpha value is -2.14. The second-order valence-electron chi connectivity index (χ2n) is 6.82. The molecular formula is C20H24N2O2S. The van der Waals surface area contributed by atoms with Crippen LogP contribution in [0.3, 0.4) is 0 Å². The molecular weight excluding hydrogens is 332 g/mol. The van der Waals surface area contributed by atoms with Gasteiger partial charge in [0, 0.05) is 12.2 Å². The Morgan fingerprint density at radius 3 is 2.72 bits per heavy atom. The second kappa shape index (κ2) is 7.40. The molecule has 4 nitrogen and oxygen atoms in total. The molecule has 1 aromatic heterocycles. The largest absolute Gasteiger partial charge is 0.326 e. The smallest absolute Gasteiger partial charge is 0.264 e. The van der Waals surface area contributed by atoms with Gasteiger partial charge in [0.2, 0.25) is 5.91 Å². The van der Waals surface area contributed by atoms with Crippen LogP contribution in [0, 0.1) is 6.92 Å². The van der Waals surface area contributed by atoms with Gasteiger partial charge in [0.05, 0.1) is 4.88 Å². The standard InChI is InChI=1S/C20H24N2O2S/c1-13(2)15-8-4-7-14(3)18(15)21-19(23)16-9-5-11-22(16)20(24)17-10-6-12-25-17/h4,6-8,10,12-13,16H,5,9,11H2,1-3H3,(H,21,23). The molecule has 1 unspecified atom stereocenters. The van der Waals surface area contributed by atoms with Gasteiger partial charge in [-0.3, -0.25) is 9.59 Å². The summed E-state index contributed by atoms with van der Waals surface area (Å²) in [5, 5.41) is 4.99. The van der Waals surface area contributed by atoms with E-state index in [4.69, 9.17) is 0 Å². The molecule has 0 aliphatic carbocycles. The molecule has 1 aliphatic rings. The van der Waals surface area contributed by atoms with Crippen molar-refractivity contribution in [1.82, 2.24) is 4.90 Å². The minimum Gasteiger partial charge on any atom is -0.326 e. The third-order valence-electron chi connectivity index (χ3n) is 4.72. The van der Waals surface area contributed by atoms with Crippen molar-refractivity contribution in [2.45, 2.75) is 45.6 Å². The van der Waals surface area contributed by atoms with Gasteiger partial charge < -0.3 is 10.2 Å². The summed E-state index contributed by atoms with van der Waals surface area (Å²) in [6, 6.07) is 9.36. The number of amides is 2. The molecule has 2 amide bonds. The number of benzene rings is 1. The first-order valence-corrected chi connectivity index (χ1v) is 9.62. The van der Waals surface area contributed by atoms with Crippen LogP contribution in [0.4, 0.5) is 5.69 Å². The molecule has 1 aromatic carbocycles. The minimum atomic E-state index is -0.394. The van der Waals surface area contributed by atoms with E-state index in [1.54, 1.807) is 4.90 Å². The Morgan fingerprint density at radius 2 is 2.04 bits per heavy atom. The summed E-state index contributed by atoms with van der Waals surface area (Å²) in [7, 11) is 0. The number of likely N-dealkylation sites (tertiary alicyclic amines) is 1. The summed E-state index contributed by atoms with van der Waals surface area (Å²) in [6.45, 7) is 6.88. The summed E-state index contributed by atoms with van der Waals surface area (Å²) in [5.74, 6) is 0.197. The zero-order valence-electron chi connectivity index (χ0n) is 14.9. The number of nitrogens with one attached hydrogen (secondary N) is 1. The van der Waals surface area contributed by atoms with Crippen LogP contribution in [0.5, 0.6) is 0 Å². The van der Waals surface area contributed by atoms with Gasteiger partial charge >= 0.3 is 0 Å². The van der Waals surface area contributed by atoms with Gasteiger partial charge in [-0.25, -0.2) is 0 Å². The van der Waals surface area contributed by atoms with Gasteiger partial charge in [0.25, 0.3) is 5.91 Å². The van der Waals surface area contributed by atoms with Crippen LogP contribution in [-0.2, 0) is 4.79 Å². The molecule has 2 heterocycles. The van der Waals surface area contributed by atoms with E-state index in [2.05, 4.69) is 25.2 Å². The van der Waals surface area contributed by atoms with E-state index in [1.807, 2.05) is 36.6 Å². The SMILES string of the molecule is Cc1cccc(C(C)C)c1NC(=O)C1CCCN1C(=O)c1cccs1. The number of para-hydroxylation sites is 1. The molecule has 0 spiro atoms. The monoisotopic (exact) mass is 356 g/mol. The van der Waals surface area contributed by atoms with Crippen LogP contribution in [0.25, 0.3) is 0 Å². The fourth-order valence-electron chi connectivity index (χ4n) is 3.37. The number of anilines is 1. The van der Waals surface area contributed by atoms with Crippen molar-refractivity contribution in [2.24, 2.45) is 0 Å². The van der Waals surface area contributed by atoms with E-state index in [-0.39, 0.29) is 11.8 Å². The van der Waals surface area contributed by atoms with Crippen LogP contribution in [0.15, 0.2) is 35.7 Å². The normalized spacial score (nSPS) is 17.1. The van der Waals surface area contributed by atoms with Crippen molar-refractivity contribution in [1.29, 1.82) is 0 Å². The quantitative estimate of drug-likeness (QED) is 0.881. The van der Waals surface area contributed by atoms with Gasteiger partial charge in [-0.1, -0.05) is 38.1 Å². The third-order valence-corrected chi connectivity index (χ3v) is 5.58. The number of rotatable bonds is 4. The Kier molecular flexibility index (Phi) is 5.23. The predicted octanol–water partition coefficient (Wildman–Crippen LogP) is 4.42. The topological polar surface area (TPSA) is 49.4 Å². The number of nitrogens with zero attached hydrogens (tertiary/aromatic N) is 1. The van der Waals surface area contributed by atoms with E-state index >= 15 is 0 Å². The first kappa shape index (κ1) is 17.7. The van der Waals surface area contributed by atoms with Gasteiger partial charge in [-0.15, -0.1) is 11.3 Å². The molecule has 132 valence electrons. The van der Waals surface area contributed by atoms with Crippen LogP contribution >= 0.6 is 11.3 Å². The highest BCUT2D eigenvalue weighted by molar-refractivity contribution is 7.12. The van der Waals surface area contributed by atoms with E-state index in [0.29, 0.717) is 23.8 Å². The molecule has 1 N–H and O–H groups in total. The molecule has 1 aliphatic heterocycles. The van der Waals surface area contributed by atoms with Crippen molar-refractivity contribution < 1.29 is 9.59 Å². The number of carbonyl (C=O) groups excluding carboxylic acids is 2. The molecule has 3 rings (SSSR count). The van der Waals surface area contributed by atoms with Crippen LogP contribution < -0.4 is 5.32 Å². The van der Waals surface area contributed by atoms with Crippen molar-refractivity contribution in [3.8, 4) is 0 Å². The number of thiophene rings is 1. The maximum Gasteiger partial charge on any atom is 0.264 e. The lowest BCUT2D eigenvalue weighted by atomic mass is 9.98. The molecule has 25 heavy (non-hydrogen) atoms. The van der Waals surface area contributed by atoms with Crippen molar-refractivity contribution >= 4 is 28.8 Å². The average molecular weight is 356 g/mol. The molecule has 0 radical (unpaired) electrons. The van der Waals surface area contributed by atoms with Crippen LogP contribution in [0.1, 0.15) is 53.4 Å². The first-order chi connectivity index (χ1) is 12.0. The summed E-state index contributed by atoms with van der Waals surface area (Å²) < 4.78 is 0. The Bertz CT molecular complexity index is 768. The zero-order valence-corrected chi connectivity index (χ0v) is 15.7. The van der Waals surface area contributed by atoms with E-state index in [1.165, 1.54) is 11.3 Å². The second-order valence-corrected chi connectivity index (χ2v) is 7.76. The molecule has 5 heteroatoms. The van der Waals surface area contributed by atoms with Gasteiger partial charge in [-0.2, -0.15) is 0 Å². The predicted molar refractivity (Wildman–Crippen MR) is 102 cm³/mol. The lowest BCUT2D eigenvalue weighted by Gasteiger charge is -2.25. The van der Waals surface area contributed by atoms with E-state index < -0.39 is 6.04 Å². The Balaban J connectivity index is 1.80. The highest BCUT2D eigenvalue weighted by Gasteiger charge is 2.35. The summed E-state index contributed by atoms with van der Waals surface area (Å²) in [4.78, 5) is 28.0. The maximum atomic E-state index is 12.9. The Labute approximate surface area is 152 Å². The van der Waals surface area contributed by atoms with Gasteiger partial charge in [0.15, 0.2) is 0 Å². The number of hydrogen-bond acceptors (Lipinski definition) is 3. The van der Waals surface area contributed by atoms with Crippen molar-refractivity contribution in [3.63, 3.8) is 0 Å². The molecule has 1 saturated heterocycles. The highest BCUT2D eigenvalue weighted by atomic mass is 32.1. The van der Waals surface area contributed by atoms with Gasteiger partial charge in [-0.05, 0) is 48.3 Å². The first-order valence-electron chi connectivity index (χ1n) is 8.74. The van der Waals surface area contributed by atoms with Crippen molar-refractivity contribution in [2.75, 3.05) is 11.9 Å². The van der Waals surface area contributed by atoms with E-state index in [0.717, 1.165) is 23.2 Å². The lowest BCUT2D eigenvalue weighted by molar-refractivity contribution is -0.119. The summed E-state index contributed by atoms with van der Waals surface area (Å²) in [5.41, 5.74) is 3.06. The van der Waals surface area contributed by atoms with Gasteiger partial charge in [0.1, 0.15) is 6.04 Å². The number of hydrogen-bond donors (Lipinski definition) is 1. The van der Waals surface area contributed by atoms with Crippen molar-refractivity contribution in [3.05, 3.63) is 51.7 Å². The molecule has 0 bridgehead atoms. The zero-order chi connectivity index (χ0) is 18.0. The number of aryl methyl sites for hydroxylation is 1.